The Balaban J connectivity index is 1.99. The molecule has 0 fully saturated rings. The van der Waals surface area contributed by atoms with Gasteiger partial charge in [0, 0.05) is 6.07 Å². The molecule has 0 aliphatic carbocycles. The van der Waals surface area contributed by atoms with E-state index in [2.05, 4.69) is 9.97 Å². The van der Waals surface area contributed by atoms with Crippen molar-refractivity contribution in [2.75, 3.05) is 6.61 Å². The first-order valence-electron chi connectivity index (χ1n) is 8.44. The van der Waals surface area contributed by atoms with Crippen molar-refractivity contribution in [3.8, 4) is 5.75 Å². The van der Waals surface area contributed by atoms with Crippen LogP contribution in [0.3, 0.4) is 0 Å². The summed E-state index contributed by atoms with van der Waals surface area (Å²) in [7, 11) is 0. The number of esters is 1. The Morgan fingerprint density at radius 2 is 2.11 bits per heavy atom. The van der Waals surface area contributed by atoms with Gasteiger partial charge in [0.2, 0.25) is 0 Å². The summed E-state index contributed by atoms with van der Waals surface area (Å²) in [6.45, 7) is 5.20. The van der Waals surface area contributed by atoms with E-state index in [0.29, 0.717) is 20.7 Å². The van der Waals surface area contributed by atoms with Gasteiger partial charge in [-0.1, -0.05) is 12.1 Å². The third-order valence-electron chi connectivity index (χ3n) is 4.03. The first-order chi connectivity index (χ1) is 13.3. The molecular formula is C18H17N3O6S. The van der Waals surface area contributed by atoms with Crippen molar-refractivity contribution < 1.29 is 19.2 Å². The normalized spacial score (nSPS) is 12.0. The average Bonchev–Trinajstić information content (AvgIpc) is 2.99. The number of carbonyl (C=O) groups is 1. The largest absolute Gasteiger partial charge is 0.476 e. The Bertz CT molecular complexity index is 1120. The number of nitro groups is 1. The van der Waals surface area contributed by atoms with E-state index in [9.17, 15) is 19.7 Å². The number of H-pyrrole nitrogens is 1. The van der Waals surface area contributed by atoms with Crippen molar-refractivity contribution in [1.29, 1.82) is 0 Å². The van der Waals surface area contributed by atoms with Gasteiger partial charge in [-0.05, 0) is 32.4 Å². The molecule has 3 rings (SSSR count). The number of para-hydroxylation sites is 2. The van der Waals surface area contributed by atoms with Crippen LogP contribution in [0, 0.1) is 17.0 Å². The summed E-state index contributed by atoms with van der Waals surface area (Å²) in [5, 5.41) is 11.5. The fraction of sp³-hybridized carbons (Fsp3) is 0.278. The van der Waals surface area contributed by atoms with Gasteiger partial charge in [0.15, 0.2) is 17.7 Å². The summed E-state index contributed by atoms with van der Waals surface area (Å²) in [6, 6.07) is 5.95. The highest BCUT2D eigenvalue weighted by Gasteiger charge is 2.23. The molecule has 0 saturated heterocycles. The molecule has 0 unspecified atom stereocenters. The van der Waals surface area contributed by atoms with Crippen LogP contribution in [0.5, 0.6) is 5.75 Å². The number of hydrogen-bond donors (Lipinski definition) is 1. The number of aromatic nitrogens is 2. The van der Waals surface area contributed by atoms with Crippen molar-refractivity contribution in [2.24, 2.45) is 0 Å². The summed E-state index contributed by atoms with van der Waals surface area (Å²) in [5.74, 6) is -0.238. The van der Waals surface area contributed by atoms with Crippen molar-refractivity contribution in [3.05, 3.63) is 61.0 Å². The number of benzene rings is 1. The molecule has 3 aromatic rings. The van der Waals surface area contributed by atoms with Crippen molar-refractivity contribution in [1.82, 2.24) is 9.97 Å². The first-order valence-corrected chi connectivity index (χ1v) is 9.25. The summed E-state index contributed by atoms with van der Waals surface area (Å²) < 4.78 is 10.7. The predicted molar refractivity (Wildman–Crippen MR) is 103 cm³/mol. The van der Waals surface area contributed by atoms with Crippen LogP contribution in [0.1, 0.15) is 41.0 Å². The molecule has 0 aliphatic heterocycles. The molecule has 146 valence electrons. The molecule has 0 radical (unpaired) electrons. The van der Waals surface area contributed by atoms with E-state index in [1.807, 2.05) is 0 Å². The minimum atomic E-state index is -0.758. The van der Waals surface area contributed by atoms with E-state index in [0.717, 1.165) is 11.3 Å². The van der Waals surface area contributed by atoms with Gasteiger partial charge in [-0.2, -0.15) is 0 Å². The lowest BCUT2D eigenvalue weighted by Crippen LogP contribution is -2.16. The second kappa shape index (κ2) is 7.77. The molecule has 1 N–H and O–H groups in total. The number of nitro benzene ring substituents is 1. The van der Waals surface area contributed by atoms with Gasteiger partial charge in [-0.3, -0.25) is 14.9 Å². The molecule has 28 heavy (non-hydrogen) atoms. The Morgan fingerprint density at radius 3 is 2.79 bits per heavy atom. The Kier molecular flexibility index (Phi) is 5.41. The zero-order valence-electron chi connectivity index (χ0n) is 15.3. The fourth-order valence-electron chi connectivity index (χ4n) is 2.70. The highest BCUT2D eigenvalue weighted by Crippen LogP contribution is 2.31. The van der Waals surface area contributed by atoms with E-state index in [1.165, 1.54) is 18.2 Å². The van der Waals surface area contributed by atoms with Crippen molar-refractivity contribution in [3.63, 3.8) is 0 Å². The number of ether oxygens (including phenoxy) is 2. The number of rotatable bonds is 6. The highest BCUT2D eigenvalue weighted by atomic mass is 32.1. The van der Waals surface area contributed by atoms with Crippen LogP contribution < -0.4 is 10.3 Å². The third kappa shape index (κ3) is 3.58. The molecule has 10 heteroatoms. The van der Waals surface area contributed by atoms with E-state index < -0.39 is 22.6 Å². The van der Waals surface area contributed by atoms with Crippen LogP contribution in [0.4, 0.5) is 5.69 Å². The Morgan fingerprint density at radius 1 is 1.39 bits per heavy atom. The molecule has 0 amide bonds. The molecule has 0 saturated carbocycles. The van der Waals surface area contributed by atoms with E-state index in [1.54, 1.807) is 26.8 Å². The van der Waals surface area contributed by atoms with Gasteiger partial charge in [0.25, 0.3) is 5.56 Å². The van der Waals surface area contributed by atoms with Gasteiger partial charge >= 0.3 is 11.7 Å². The average molecular weight is 403 g/mol. The maximum atomic E-state index is 12.5. The van der Waals surface area contributed by atoms with Gasteiger partial charge in [0.1, 0.15) is 9.71 Å². The minimum absolute atomic E-state index is 0.0670. The molecule has 0 bridgehead atoms. The minimum Gasteiger partial charge on any atom is -0.476 e. The van der Waals surface area contributed by atoms with Crippen LogP contribution in [-0.2, 0) is 4.74 Å². The van der Waals surface area contributed by atoms with Crippen molar-refractivity contribution in [2.45, 2.75) is 26.9 Å². The Labute approximate surface area is 163 Å². The summed E-state index contributed by atoms with van der Waals surface area (Å²) in [5.41, 5.74) is -0.0948. The van der Waals surface area contributed by atoms with Crippen LogP contribution >= 0.6 is 11.3 Å². The molecule has 1 atom stereocenters. The standard InChI is InChI=1S/C18H17N3O6S/c1-4-26-18(23)14-9(2)13-16(22)19-15(20-17(13)28-14)10(3)27-12-8-6-5-7-11(12)21(24)25/h5-8,10H,4H2,1-3H3,(H,19,20,22)/t10-/m0/s1. The van der Waals surface area contributed by atoms with E-state index in [4.69, 9.17) is 9.47 Å². The summed E-state index contributed by atoms with van der Waals surface area (Å²) in [6.07, 6.45) is -0.758. The second-order valence-electron chi connectivity index (χ2n) is 5.89. The monoisotopic (exact) mass is 403 g/mol. The zero-order chi connectivity index (χ0) is 20.4. The van der Waals surface area contributed by atoms with E-state index in [-0.39, 0.29) is 23.9 Å². The molecule has 0 aliphatic rings. The number of thiophene rings is 1. The lowest BCUT2D eigenvalue weighted by atomic mass is 10.2. The number of carbonyl (C=O) groups excluding carboxylic acids is 1. The van der Waals surface area contributed by atoms with Gasteiger partial charge in [0.05, 0.1) is 16.9 Å². The SMILES string of the molecule is CCOC(=O)c1sc2nc([C@H](C)Oc3ccccc3[N+](=O)[O-])[nH]c(=O)c2c1C. The highest BCUT2D eigenvalue weighted by molar-refractivity contribution is 7.20. The third-order valence-corrected chi connectivity index (χ3v) is 5.20. The van der Waals surface area contributed by atoms with Gasteiger partial charge < -0.3 is 14.5 Å². The molecule has 2 heterocycles. The maximum Gasteiger partial charge on any atom is 0.348 e. The van der Waals surface area contributed by atoms with Crippen LogP contribution in [0.25, 0.3) is 10.2 Å². The number of nitrogens with one attached hydrogen (secondary N) is 1. The molecule has 0 spiro atoms. The summed E-state index contributed by atoms with van der Waals surface area (Å²) in [4.78, 5) is 42.9. The number of hydrogen-bond acceptors (Lipinski definition) is 8. The molecule has 2 aromatic heterocycles. The van der Waals surface area contributed by atoms with Crippen LogP contribution in [0.15, 0.2) is 29.1 Å². The predicted octanol–water partition coefficient (Wildman–Crippen LogP) is 3.52. The molecule has 1 aromatic carbocycles. The number of nitrogens with zero attached hydrogens (tertiary/aromatic N) is 2. The maximum absolute atomic E-state index is 12.5. The zero-order valence-corrected chi connectivity index (χ0v) is 16.2. The van der Waals surface area contributed by atoms with Crippen LogP contribution in [-0.4, -0.2) is 27.5 Å². The van der Waals surface area contributed by atoms with Gasteiger partial charge in [-0.25, -0.2) is 9.78 Å². The topological polar surface area (TPSA) is 124 Å². The number of aromatic amines is 1. The molecule has 9 nitrogen and oxygen atoms in total. The summed E-state index contributed by atoms with van der Waals surface area (Å²) >= 11 is 1.06. The number of aryl methyl sites for hydroxylation is 1. The lowest BCUT2D eigenvalue weighted by molar-refractivity contribution is -0.386. The first kappa shape index (κ1) is 19.5. The number of fused-ring (bicyclic) bond motifs is 1. The Hall–Kier alpha value is -3.27. The van der Waals surface area contributed by atoms with Crippen LogP contribution in [0.2, 0.25) is 0 Å². The second-order valence-corrected chi connectivity index (χ2v) is 6.89. The fourth-order valence-corrected chi connectivity index (χ4v) is 3.78. The lowest BCUT2D eigenvalue weighted by Gasteiger charge is -2.13. The van der Waals surface area contributed by atoms with E-state index >= 15 is 0 Å². The van der Waals surface area contributed by atoms with Crippen molar-refractivity contribution >= 4 is 33.2 Å². The molecular weight excluding hydrogens is 386 g/mol. The smallest absolute Gasteiger partial charge is 0.348 e. The quantitative estimate of drug-likeness (QED) is 0.379. The van der Waals surface area contributed by atoms with Gasteiger partial charge in [-0.15, -0.1) is 11.3 Å².